The number of nitrogens with two attached hydrogens (primary N) is 2. The van der Waals surface area contributed by atoms with Crippen molar-refractivity contribution in [3.8, 4) is 0 Å². The average molecular weight is 284 g/mol. The molecular weight excluding hydrogens is 267 g/mol. The van der Waals surface area contributed by atoms with Crippen LogP contribution in [0.25, 0.3) is 0 Å². The summed E-state index contributed by atoms with van der Waals surface area (Å²) in [6.07, 6.45) is -2.38. The smallest absolute Gasteiger partial charge is 0.402 e. The molecule has 4 N–H and O–H groups in total. The maximum absolute atomic E-state index is 14.0. The number of hydrogen-bond acceptors (Lipinski definition) is 4. The first-order valence-corrected chi connectivity index (χ1v) is 5.98. The van der Waals surface area contributed by atoms with Gasteiger partial charge in [-0.05, 0) is 18.1 Å². The van der Waals surface area contributed by atoms with Crippen LogP contribution >= 0.6 is 0 Å². The first-order valence-electron chi connectivity index (χ1n) is 5.98. The Balaban J connectivity index is 3.38. The molecule has 110 valence electrons. The fourth-order valence-corrected chi connectivity index (χ4v) is 1.96. The Hall–Kier alpha value is -2.31. The molecule has 1 aromatic carbocycles. The summed E-state index contributed by atoms with van der Waals surface area (Å²) in [5.74, 6) is -2.76. The van der Waals surface area contributed by atoms with Crippen LogP contribution in [0.4, 0.5) is 14.0 Å². The highest BCUT2D eigenvalue weighted by Gasteiger charge is 2.42. The fourth-order valence-electron chi connectivity index (χ4n) is 1.96. The van der Waals surface area contributed by atoms with E-state index in [1.165, 1.54) is 18.2 Å². The van der Waals surface area contributed by atoms with Gasteiger partial charge in [-0.3, -0.25) is 0 Å². The van der Waals surface area contributed by atoms with Gasteiger partial charge in [-0.2, -0.15) is 0 Å². The number of hydrogen-bond donors (Lipinski definition) is 2. The van der Waals surface area contributed by atoms with Crippen molar-refractivity contribution in [2.45, 2.75) is 26.1 Å². The second-order valence-electron chi connectivity index (χ2n) is 4.67. The van der Waals surface area contributed by atoms with Crippen LogP contribution in [-0.2, 0) is 15.3 Å². The lowest BCUT2D eigenvalue weighted by atomic mass is 9.95. The van der Waals surface area contributed by atoms with Gasteiger partial charge in [0, 0.05) is 6.42 Å². The molecule has 0 unspecified atom stereocenters. The first kappa shape index (κ1) is 15.7. The molecule has 0 aliphatic rings. The first-order chi connectivity index (χ1) is 9.27. The van der Waals surface area contributed by atoms with E-state index >= 15 is 0 Å². The number of rotatable bonds is 5. The van der Waals surface area contributed by atoms with E-state index in [0.717, 1.165) is 6.07 Å². The minimum Gasteiger partial charge on any atom is -0.402 e. The molecular formula is C13H17FN2O4. The van der Waals surface area contributed by atoms with E-state index in [2.05, 4.69) is 0 Å². The predicted octanol–water partition coefficient (Wildman–Crippen LogP) is 2.22. The SMILES string of the molecule is CC(C)CC(OC(N)=O)(OC(N)=O)c1ccccc1F. The van der Waals surface area contributed by atoms with Gasteiger partial charge in [0.15, 0.2) is 0 Å². The zero-order chi connectivity index (χ0) is 15.3. The van der Waals surface area contributed by atoms with Crippen molar-refractivity contribution in [2.24, 2.45) is 17.4 Å². The highest BCUT2D eigenvalue weighted by Crippen LogP contribution is 2.35. The monoisotopic (exact) mass is 284 g/mol. The lowest BCUT2D eigenvalue weighted by molar-refractivity contribution is -0.179. The normalized spacial score (nSPS) is 11.2. The summed E-state index contributed by atoms with van der Waals surface area (Å²) in [6, 6.07) is 5.46. The molecule has 0 radical (unpaired) electrons. The summed E-state index contributed by atoms with van der Waals surface area (Å²) in [5.41, 5.74) is 9.88. The summed E-state index contributed by atoms with van der Waals surface area (Å²) in [7, 11) is 0. The fraction of sp³-hybridized carbons (Fsp3) is 0.385. The van der Waals surface area contributed by atoms with Gasteiger partial charge in [0.2, 0.25) is 0 Å². The highest BCUT2D eigenvalue weighted by atomic mass is 19.1. The molecule has 6 nitrogen and oxygen atoms in total. The minimum absolute atomic E-state index is 0.0137. The van der Waals surface area contributed by atoms with E-state index in [4.69, 9.17) is 20.9 Å². The third-order valence-electron chi connectivity index (χ3n) is 2.49. The summed E-state index contributed by atoms with van der Waals surface area (Å²) in [5, 5.41) is 0. The Kier molecular flexibility index (Phi) is 4.90. The van der Waals surface area contributed by atoms with Crippen LogP contribution in [0.2, 0.25) is 0 Å². The molecule has 0 bridgehead atoms. The van der Waals surface area contributed by atoms with Crippen molar-refractivity contribution < 1.29 is 23.5 Å². The lowest BCUT2D eigenvalue weighted by Crippen LogP contribution is -2.42. The molecule has 0 spiro atoms. The van der Waals surface area contributed by atoms with E-state index in [1.807, 2.05) is 0 Å². The summed E-state index contributed by atoms with van der Waals surface area (Å²) in [6.45, 7) is 3.56. The standard InChI is InChI=1S/C13H17FN2O4/c1-8(2)7-13(19-11(15)17,20-12(16)18)9-5-3-4-6-10(9)14/h3-6,8H,7H2,1-2H3,(H2,15,17)(H2,16,18). The lowest BCUT2D eigenvalue weighted by Gasteiger charge is -2.33. The van der Waals surface area contributed by atoms with E-state index < -0.39 is 23.8 Å². The zero-order valence-electron chi connectivity index (χ0n) is 11.3. The molecule has 1 aromatic rings. The number of benzene rings is 1. The van der Waals surface area contributed by atoms with Gasteiger partial charge in [0.1, 0.15) is 5.82 Å². The zero-order valence-corrected chi connectivity index (χ0v) is 11.3. The van der Waals surface area contributed by atoms with Gasteiger partial charge in [0.05, 0.1) is 5.56 Å². The van der Waals surface area contributed by atoms with E-state index in [0.29, 0.717) is 0 Å². The number of carbonyl (C=O) groups excluding carboxylic acids is 2. The molecule has 0 aliphatic heterocycles. The number of amides is 2. The minimum atomic E-state index is -1.98. The van der Waals surface area contributed by atoms with E-state index in [-0.39, 0.29) is 17.9 Å². The van der Waals surface area contributed by atoms with Crippen molar-refractivity contribution in [3.63, 3.8) is 0 Å². The summed E-state index contributed by atoms with van der Waals surface area (Å²) < 4.78 is 23.8. The summed E-state index contributed by atoms with van der Waals surface area (Å²) >= 11 is 0. The molecule has 2 amide bonds. The van der Waals surface area contributed by atoms with E-state index in [9.17, 15) is 14.0 Å². The van der Waals surface area contributed by atoms with Crippen LogP contribution in [0.1, 0.15) is 25.8 Å². The average Bonchev–Trinajstić information content (AvgIpc) is 2.26. The van der Waals surface area contributed by atoms with Gasteiger partial charge in [-0.25, -0.2) is 14.0 Å². The topological polar surface area (TPSA) is 105 Å². The maximum atomic E-state index is 14.0. The number of ether oxygens (including phenoxy) is 2. The van der Waals surface area contributed by atoms with Crippen molar-refractivity contribution >= 4 is 12.2 Å². The molecule has 0 aliphatic carbocycles. The second kappa shape index (κ2) is 6.23. The molecule has 7 heteroatoms. The van der Waals surface area contributed by atoms with Crippen LogP contribution in [0.5, 0.6) is 0 Å². The quantitative estimate of drug-likeness (QED) is 0.808. The van der Waals surface area contributed by atoms with Crippen LogP contribution in [0, 0.1) is 11.7 Å². The molecule has 0 saturated carbocycles. The Morgan fingerprint density at radius 3 is 2.10 bits per heavy atom. The van der Waals surface area contributed by atoms with Crippen LogP contribution < -0.4 is 11.5 Å². The van der Waals surface area contributed by atoms with Crippen molar-refractivity contribution in [1.29, 1.82) is 0 Å². The van der Waals surface area contributed by atoms with Crippen LogP contribution in [-0.4, -0.2) is 12.2 Å². The molecule has 1 rings (SSSR count). The highest BCUT2D eigenvalue weighted by molar-refractivity contribution is 5.68. The largest absolute Gasteiger partial charge is 0.408 e. The molecule has 0 atom stereocenters. The Morgan fingerprint density at radius 2 is 1.70 bits per heavy atom. The van der Waals surface area contributed by atoms with E-state index in [1.54, 1.807) is 13.8 Å². The third kappa shape index (κ3) is 3.84. The Labute approximate surface area is 115 Å². The maximum Gasteiger partial charge on any atom is 0.408 e. The van der Waals surface area contributed by atoms with Crippen LogP contribution in [0.3, 0.4) is 0 Å². The number of halogens is 1. The molecule has 0 fully saturated rings. The number of carbonyl (C=O) groups is 2. The van der Waals surface area contributed by atoms with Gasteiger partial charge in [-0.1, -0.05) is 26.0 Å². The van der Waals surface area contributed by atoms with Gasteiger partial charge >= 0.3 is 12.2 Å². The molecule has 0 heterocycles. The predicted molar refractivity (Wildman–Crippen MR) is 68.9 cm³/mol. The van der Waals surface area contributed by atoms with Crippen molar-refractivity contribution in [3.05, 3.63) is 35.6 Å². The third-order valence-corrected chi connectivity index (χ3v) is 2.49. The van der Waals surface area contributed by atoms with Crippen molar-refractivity contribution in [1.82, 2.24) is 0 Å². The molecule has 0 aromatic heterocycles. The van der Waals surface area contributed by atoms with Crippen LogP contribution in [0.15, 0.2) is 24.3 Å². The number of primary amides is 2. The van der Waals surface area contributed by atoms with Crippen molar-refractivity contribution in [2.75, 3.05) is 0 Å². The van der Waals surface area contributed by atoms with Gasteiger partial charge in [0.25, 0.3) is 5.79 Å². The van der Waals surface area contributed by atoms with Gasteiger partial charge < -0.3 is 20.9 Å². The Bertz CT molecular complexity index is 489. The second-order valence-corrected chi connectivity index (χ2v) is 4.67. The summed E-state index contributed by atoms with van der Waals surface area (Å²) in [4.78, 5) is 22.2. The molecule has 0 saturated heterocycles. The molecule has 20 heavy (non-hydrogen) atoms. The Morgan fingerprint density at radius 1 is 1.20 bits per heavy atom. The van der Waals surface area contributed by atoms with Gasteiger partial charge in [-0.15, -0.1) is 0 Å².